The van der Waals surface area contributed by atoms with Crippen LogP contribution in [-0.4, -0.2) is 17.5 Å². The number of carbonyl (C=O) groups excluding carboxylic acids is 1. The smallest absolute Gasteiger partial charge is 0.328 e. The molecule has 0 radical (unpaired) electrons. The van der Waals surface area contributed by atoms with Crippen LogP contribution in [0.4, 0.5) is 10.1 Å². The van der Waals surface area contributed by atoms with E-state index in [-0.39, 0.29) is 16.3 Å². The Morgan fingerprint density at radius 1 is 1.50 bits per heavy atom. The Bertz CT molecular complexity index is 460. The fourth-order valence-corrected chi connectivity index (χ4v) is 1.24. The molecule has 84 valence electrons. The Labute approximate surface area is 95.3 Å². The lowest BCUT2D eigenvalue weighted by Gasteiger charge is -2.06. The molecule has 0 aliphatic carbocycles. The summed E-state index contributed by atoms with van der Waals surface area (Å²) in [6.45, 7) is 0. The van der Waals surface area contributed by atoms with Gasteiger partial charge in [0.1, 0.15) is 0 Å². The number of amides is 1. The number of anilines is 1. The van der Waals surface area contributed by atoms with Gasteiger partial charge in [0.15, 0.2) is 5.82 Å². The van der Waals surface area contributed by atoms with E-state index in [1.807, 2.05) is 0 Å². The van der Waals surface area contributed by atoms with Crippen LogP contribution in [0.1, 0.15) is 5.56 Å². The predicted octanol–water partition coefficient (Wildman–Crippen LogP) is 2.15. The van der Waals surface area contributed by atoms with E-state index in [0.29, 0.717) is 6.41 Å². The maximum absolute atomic E-state index is 13.5. The predicted molar refractivity (Wildman–Crippen MR) is 57.8 cm³/mol. The molecule has 4 nitrogen and oxygen atoms in total. The van der Waals surface area contributed by atoms with E-state index >= 15 is 0 Å². The number of benzene rings is 1. The van der Waals surface area contributed by atoms with E-state index in [9.17, 15) is 14.0 Å². The van der Waals surface area contributed by atoms with Crippen molar-refractivity contribution < 1.29 is 19.1 Å². The summed E-state index contributed by atoms with van der Waals surface area (Å²) in [7, 11) is 0. The normalized spacial score (nSPS) is 10.4. The Hall–Kier alpha value is -1.88. The van der Waals surface area contributed by atoms with Crippen molar-refractivity contribution in [2.45, 2.75) is 0 Å². The second kappa shape index (κ2) is 5.27. The highest BCUT2D eigenvalue weighted by molar-refractivity contribution is 6.31. The van der Waals surface area contributed by atoms with Crippen LogP contribution < -0.4 is 5.32 Å². The summed E-state index contributed by atoms with van der Waals surface area (Å²) < 4.78 is 13.5. The minimum atomic E-state index is -1.23. The third-order valence-electron chi connectivity index (χ3n) is 1.74. The Morgan fingerprint density at radius 2 is 2.19 bits per heavy atom. The summed E-state index contributed by atoms with van der Waals surface area (Å²) in [6.07, 6.45) is 2.14. The monoisotopic (exact) mass is 243 g/mol. The average Bonchev–Trinajstić information content (AvgIpc) is 2.23. The number of carboxylic acids is 1. The van der Waals surface area contributed by atoms with Crippen molar-refractivity contribution in [2.75, 3.05) is 5.32 Å². The third-order valence-corrected chi connectivity index (χ3v) is 2.03. The highest BCUT2D eigenvalue weighted by atomic mass is 35.5. The first kappa shape index (κ1) is 12.2. The van der Waals surface area contributed by atoms with Crippen LogP contribution >= 0.6 is 11.6 Å². The molecule has 0 aliphatic heterocycles. The number of halogens is 2. The van der Waals surface area contributed by atoms with Gasteiger partial charge in [-0.1, -0.05) is 11.6 Å². The van der Waals surface area contributed by atoms with Gasteiger partial charge in [-0.2, -0.15) is 0 Å². The van der Waals surface area contributed by atoms with Crippen molar-refractivity contribution in [3.05, 3.63) is 34.6 Å². The van der Waals surface area contributed by atoms with Gasteiger partial charge in [-0.25, -0.2) is 9.18 Å². The highest BCUT2D eigenvalue weighted by Gasteiger charge is 2.09. The lowest BCUT2D eigenvalue weighted by atomic mass is 10.1. The third kappa shape index (κ3) is 2.80. The van der Waals surface area contributed by atoms with E-state index in [0.717, 1.165) is 12.2 Å². The van der Waals surface area contributed by atoms with Gasteiger partial charge < -0.3 is 10.4 Å². The van der Waals surface area contributed by atoms with Crippen LogP contribution in [0.5, 0.6) is 0 Å². The van der Waals surface area contributed by atoms with Gasteiger partial charge in [0.05, 0.1) is 10.7 Å². The fourth-order valence-electron chi connectivity index (χ4n) is 1.07. The van der Waals surface area contributed by atoms with E-state index in [4.69, 9.17) is 16.7 Å². The van der Waals surface area contributed by atoms with Crippen molar-refractivity contribution in [3.63, 3.8) is 0 Å². The molecule has 1 aromatic rings. The van der Waals surface area contributed by atoms with E-state index in [2.05, 4.69) is 5.32 Å². The number of nitrogens with one attached hydrogen (secondary N) is 1. The van der Waals surface area contributed by atoms with Gasteiger partial charge in [0.25, 0.3) is 0 Å². The van der Waals surface area contributed by atoms with Gasteiger partial charge >= 0.3 is 5.97 Å². The van der Waals surface area contributed by atoms with Crippen LogP contribution in [0.25, 0.3) is 6.08 Å². The molecule has 6 heteroatoms. The second-order valence-electron chi connectivity index (χ2n) is 2.76. The standard InChI is InChI=1S/C10H7ClFNO3/c11-7-2-3-8(13-5-14)6(10(7)12)1-4-9(15)16/h1-5H,(H,13,14)(H,15,16)/b4-1+. The maximum Gasteiger partial charge on any atom is 0.328 e. The molecule has 0 fully saturated rings. The minimum Gasteiger partial charge on any atom is -0.478 e. The number of hydrogen-bond acceptors (Lipinski definition) is 2. The van der Waals surface area contributed by atoms with Gasteiger partial charge in [-0.3, -0.25) is 4.79 Å². The molecule has 0 aliphatic rings. The SMILES string of the molecule is O=CNc1ccc(Cl)c(F)c1/C=C/C(=O)O. The molecule has 0 saturated heterocycles. The first-order chi connectivity index (χ1) is 7.56. The molecule has 0 bridgehead atoms. The molecule has 2 N–H and O–H groups in total. The number of carbonyl (C=O) groups is 2. The van der Waals surface area contributed by atoms with Gasteiger partial charge in [0, 0.05) is 11.6 Å². The summed E-state index contributed by atoms with van der Waals surface area (Å²) in [5.74, 6) is -2.01. The molecule has 1 amide bonds. The lowest BCUT2D eigenvalue weighted by Crippen LogP contribution is -1.99. The molecule has 1 rings (SSSR count). The van der Waals surface area contributed by atoms with Gasteiger partial charge in [0.2, 0.25) is 6.41 Å². The van der Waals surface area contributed by atoms with Crippen molar-refractivity contribution in [2.24, 2.45) is 0 Å². The van der Waals surface area contributed by atoms with Crippen molar-refractivity contribution >= 4 is 35.7 Å². The Balaban J connectivity index is 3.25. The summed E-state index contributed by atoms with van der Waals surface area (Å²) >= 11 is 5.53. The molecule has 0 aromatic heterocycles. The summed E-state index contributed by atoms with van der Waals surface area (Å²) in [5.41, 5.74) is 0.0661. The van der Waals surface area contributed by atoms with Crippen LogP contribution in [-0.2, 0) is 9.59 Å². The van der Waals surface area contributed by atoms with Gasteiger partial charge in [-0.15, -0.1) is 0 Å². The van der Waals surface area contributed by atoms with E-state index in [1.165, 1.54) is 12.1 Å². The summed E-state index contributed by atoms with van der Waals surface area (Å²) in [4.78, 5) is 20.6. The molecule has 0 heterocycles. The molecule has 0 saturated carbocycles. The Morgan fingerprint density at radius 3 is 2.75 bits per heavy atom. The number of aliphatic carboxylic acids is 1. The zero-order valence-electron chi connectivity index (χ0n) is 7.91. The minimum absolute atomic E-state index is 0.0815. The van der Waals surface area contributed by atoms with Crippen molar-refractivity contribution in [1.29, 1.82) is 0 Å². The molecule has 0 unspecified atom stereocenters. The number of rotatable bonds is 4. The molecule has 1 aromatic carbocycles. The molecule has 16 heavy (non-hydrogen) atoms. The fraction of sp³-hybridized carbons (Fsp3) is 0. The zero-order chi connectivity index (χ0) is 12.1. The first-order valence-electron chi connectivity index (χ1n) is 4.15. The quantitative estimate of drug-likeness (QED) is 0.629. The lowest BCUT2D eigenvalue weighted by molar-refractivity contribution is -0.131. The Kier molecular flexibility index (Phi) is 4.02. The van der Waals surface area contributed by atoms with Crippen LogP contribution in [0.3, 0.4) is 0 Å². The molecule has 0 atom stereocenters. The topological polar surface area (TPSA) is 66.4 Å². The van der Waals surface area contributed by atoms with Crippen LogP contribution in [0.15, 0.2) is 18.2 Å². The van der Waals surface area contributed by atoms with Crippen LogP contribution in [0, 0.1) is 5.82 Å². The highest BCUT2D eigenvalue weighted by Crippen LogP contribution is 2.26. The summed E-state index contributed by atoms with van der Waals surface area (Å²) in [6, 6.07) is 2.64. The van der Waals surface area contributed by atoms with E-state index < -0.39 is 11.8 Å². The molecular weight excluding hydrogens is 237 g/mol. The van der Waals surface area contributed by atoms with Crippen molar-refractivity contribution in [1.82, 2.24) is 0 Å². The van der Waals surface area contributed by atoms with E-state index in [1.54, 1.807) is 0 Å². The maximum atomic E-state index is 13.5. The second-order valence-corrected chi connectivity index (χ2v) is 3.16. The number of hydrogen-bond donors (Lipinski definition) is 2. The van der Waals surface area contributed by atoms with Crippen molar-refractivity contribution in [3.8, 4) is 0 Å². The molecule has 0 spiro atoms. The van der Waals surface area contributed by atoms with Gasteiger partial charge in [-0.05, 0) is 18.2 Å². The first-order valence-corrected chi connectivity index (χ1v) is 4.53. The zero-order valence-corrected chi connectivity index (χ0v) is 8.66. The molecular formula is C10H7ClFNO3. The van der Waals surface area contributed by atoms with Crippen LogP contribution in [0.2, 0.25) is 5.02 Å². The number of carboxylic acid groups (broad SMARTS) is 1. The average molecular weight is 244 g/mol. The largest absolute Gasteiger partial charge is 0.478 e. The summed E-state index contributed by atoms with van der Waals surface area (Å²) in [5, 5.41) is 10.5.